The van der Waals surface area contributed by atoms with Gasteiger partial charge in [0.05, 0.1) is 5.52 Å². The number of benzene rings is 1. The van der Waals surface area contributed by atoms with Crippen molar-refractivity contribution in [2.75, 3.05) is 37.8 Å². The van der Waals surface area contributed by atoms with E-state index in [1.54, 1.807) is 0 Å². The first-order chi connectivity index (χ1) is 7.50. The second kappa shape index (κ2) is 4.08. The van der Waals surface area contributed by atoms with Crippen LogP contribution < -0.4 is 9.57 Å². The Labute approximate surface area is 97.8 Å². The van der Waals surface area contributed by atoms with Gasteiger partial charge in [0.1, 0.15) is 0 Å². The topological polar surface area (TPSA) is 19.4 Å². The van der Waals surface area contributed by atoms with Crippen molar-refractivity contribution in [3.05, 3.63) is 23.8 Å². The molecule has 0 amide bonds. The summed E-state index contributed by atoms with van der Waals surface area (Å²) in [5, 5.41) is 1.38. The molecule has 0 bridgehead atoms. The molecular weight excluding hydrogens is 217 g/mol. The summed E-state index contributed by atoms with van der Waals surface area (Å²) in [5.41, 5.74) is 3.62. The normalized spacial score (nSPS) is 12.5. The lowest BCUT2D eigenvalue weighted by atomic mass is 10.2. The van der Waals surface area contributed by atoms with Crippen LogP contribution in [0.15, 0.2) is 18.2 Å². The predicted octanol–water partition coefficient (Wildman–Crippen LogP) is 2.79. The van der Waals surface area contributed by atoms with Gasteiger partial charge in [0.25, 0.3) is 0 Å². The molecule has 4 heteroatoms. The van der Waals surface area contributed by atoms with Gasteiger partial charge in [0.15, 0.2) is 5.55 Å². The molecule has 0 fully saturated rings. The number of anilines is 1. The predicted molar refractivity (Wildman–Crippen MR) is 73.6 cm³/mol. The Balaban J connectivity index is 2.77. The Hall–Kier alpha value is -1.05. The van der Waals surface area contributed by atoms with E-state index >= 15 is 0 Å². The fourth-order valence-electron chi connectivity index (χ4n) is 1.84. The summed E-state index contributed by atoms with van der Waals surface area (Å²) >= 11 is 0. The molecule has 1 aromatic heterocycles. The van der Waals surface area contributed by atoms with E-state index < -0.39 is 7.68 Å². The Morgan fingerprint density at radius 2 is 1.81 bits per heavy atom. The van der Waals surface area contributed by atoms with Crippen molar-refractivity contribution in [1.29, 1.82) is 0 Å². The number of aromatic nitrogens is 1. The molecule has 2 rings (SSSR count). The monoisotopic (exact) mass is 235 g/mol. The van der Waals surface area contributed by atoms with Gasteiger partial charge in [-0.15, -0.1) is 0 Å². The Kier molecular flexibility index (Phi) is 2.92. The highest BCUT2D eigenvalue weighted by atomic mass is 31.1. The number of hydrogen-bond acceptors (Lipinski definition) is 3. The zero-order valence-electron chi connectivity index (χ0n) is 10.5. The third-order valence-electron chi connectivity index (χ3n) is 2.57. The molecule has 16 heavy (non-hydrogen) atoms. The minimum absolute atomic E-state index is 0.430. The quantitative estimate of drug-likeness (QED) is 0.798. The smallest absolute Gasteiger partial charge is 0.163 e. The molecular formula is C12H18N3P. The number of fused-ring (bicyclic) bond motifs is 1. The molecule has 1 aromatic carbocycles. The summed E-state index contributed by atoms with van der Waals surface area (Å²) in [6, 6.07) is 6.52. The fourth-order valence-corrected chi connectivity index (χ4v) is 4.10. The average Bonchev–Trinajstić information content (AvgIpc) is 2.55. The third kappa shape index (κ3) is 1.81. The van der Waals surface area contributed by atoms with Gasteiger partial charge in [0, 0.05) is 26.9 Å². The Morgan fingerprint density at radius 3 is 2.38 bits per heavy atom. The number of nitrogens with zero attached hydrogens (tertiary/aromatic N) is 3. The Bertz CT molecular complexity index is 514. The molecule has 0 radical (unpaired) electrons. The van der Waals surface area contributed by atoms with Gasteiger partial charge in [-0.05, 0) is 33.2 Å². The van der Waals surface area contributed by atoms with Gasteiger partial charge in [-0.1, -0.05) is 11.6 Å². The molecule has 1 atom stereocenters. The van der Waals surface area contributed by atoms with E-state index in [9.17, 15) is 0 Å². The molecule has 0 N–H and O–H groups in total. The standard InChI is InChI=1S/C12H18N3P/c1-9-6-7-10-11(8-9)16(15(4)5)12(13-10)14(2)3/h6-8H,1-5H3. The van der Waals surface area contributed by atoms with E-state index in [2.05, 4.69) is 62.9 Å². The van der Waals surface area contributed by atoms with Crippen LogP contribution in [0.5, 0.6) is 0 Å². The number of aryl methyl sites for hydroxylation is 1. The van der Waals surface area contributed by atoms with Crippen molar-refractivity contribution >= 4 is 23.9 Å². The number of rotatable bonds is 2. The first-order valence-corrected chi connectivity index (χ1v) is 6.64. The van der Waals surface area contributed by atoms with E-state index in [1.165, 1.54) is 16.2 Å². The molecule has 1 unspecified atom stereocenters. The lowest BCUT2D eigenvalue weighted by molar-refractivity contribution is 1.11. The van der Waals surface area contributed by atoms with Crippen molar-refractivity contribution in [2.24, 2.45) is 0 Å². The summed E-state index contributed by atoms with van der Waals surface area (Å²) in [6.45, 7) is 2.14. The summed E-state index contributed by atoms with van der Waals surface area (Å²) in [7, 11) is 7.96. The lowest BCUT2D eigenvalue weighted by Crippen LogP contribution is -2.12. The van der Waals surface area contributed by atoms with Crippen molar-refractivity contribution in [3.63, 3.8) is 0 Å². The van der Waals surface area contributed by atoms with Crippen LogP contribution in [0.4, 0.5) is 5.55 Å². The Morgan fingerprint density at radius 1 is 1.12 bits per heavy atom. The van der Waals surface area contributed by atoms with Gasteiger partial charge in [-0.3, -0.25) is 4.67 Å². The highest BCUT2D eigenvalue weighted by Gasteiger charge is 2.15. The first-order valence-electron chi connectivity index (χ1n) is 5.34. The van der Waals surface area contributed by atoms with Crippen LogP contribution in [0.3, 0.4) is 0 Å². The zero-order valence-corrected chi connectivity index (χ0v) is 11.4. The van der Waals surface area contributed by atoms with E-state index in [0.717, 1.165) is 5.52 Å². The molecule has 1 heterocycles. The maximum atomic E-state index is 4.72. The first kappa shape index (κ1) is 11.4. The van der Waals surface area contributed by atoms with Crippen LogP contribution in [0.25, 0.3) is 10.6 Å². The lowest BCUT2D eigenvalue weighted by Gasteiger charge is -2.17. The second-order valence-electron chi connectivity index (χ2n) is 4.46. The van der Waals surface area contributed by atoms with Gasteiger partial charge in [-0.25, -0.2) is 4.98 Å². The average molecular weight is 235 g/mol. The molecule has 3 nitrogen and oxygen atoms in total. The van der Waals surface area contributed by atoms with Crippen LogP contribution in [0.2, 0.25) is 0 Å². The van der Waals surface area contributed by atoms with Crippen LogP contribution in [-0.4, -0.2) is 33.2 Å². The fraction of sp³-hybridized carbons (Fsp3) is 0.417. The molecule has 0 saturated carbocycles. The molecule has 86 valence electrons. The SMILES string of the molecule is Cc1ccc2nc(N(C)C)p(N(C)C)c2c1. The van der Waals surface area contributed by atoms with Crippen molar-refractivity contribution in [3.8, 4) is 0 Å². The maximum absolute atomic E-state index is 4.72. The van der Waals surface area contributed by atoms with E-state index in [0.29, 0.717) is 0 Å². The highest BCUT2D eigenvalue weighted by Crippen LogP contribution is 2.47. The van der Waals surface area contributed by atoms with Gasteiger partial charge < -0.3 is 4.90 Å². The molecule has 0 spiro atoms. The van der Waals surface area contributed by atoms with E-state index in [1.807, 2.05) is 0 Å². The molecule has 2 aromatic rings. The van der Waals surface area contributed by atoms with Crippen LogP contribution in [0.1, 0.15) is 5.56 Å². The van der Waals surface area contributed by atoms with Crippen LogP contribution >= 0.6 is 7.68 Å². The zero-order chi connectivity index (χ0) is 11.9. The number of hydrogen-bond donors (Lipinski definition) is 0. The largest absolute Gasteiger partial charge is 0.358 e. The molecule has 0 aliphatic rings. The second-order valence-corrected chi connectivity index (χ2v) is 6.76. The van der Waals surface area contributed by atoms with E-state index in [-0.39, 0.29) is 0 Å². The van der Waals surface area contributed by atoms with Crippen LogP contribution in [0, 0.1) is 6.92 Å². The van der Waals surface area contributed by atoms with Crippen molar-refractivity contribution < 1.29 is 0 Å². The van der Waals surface area contributed by atoms with Crippen molar-refractivity contribution in [2.45, 2.75) is 6.92 Å². The van der Waals surface area contributed by atoms with Crippen molar-refractivity contribution in [1.82, 2.24) is 4.98 Å². The summed E-state index contributed by atoms with van der Waals surface area (Å²) in [4.78, 5) is 6.85. The maximum Gasteiger partial charge on any atom is 0.163 e. The van der Waals surface area contributed by atoms with Gasteiger partial charge in [-0.2, -0.15) is 0 Å². The molecule has 0 aliphatic carbocycles. The van der Waals surface area contributed by atoms with E-state index in [4.69, 9.17) is 4.98 Å². The molecule has 0 saturated heterocycles. The minimum atomic E-state index is -0.430. The highest BCUT2D eigenvalue weighted by molar-refractivity contribution is 7.60. The summed E-state index contributed by atoms with van der Waals surface area (Å²) in [6.07, 6.45) is 0. The van der Waals surface area contributed by atoms with Crippen LogP contribution in [-0.2, 0) is 0 Å². The van der Waals surface area contributed by atoms with Gasteiger partial charge >= 0.3 is 0 Å². The minimum Gasteiger partial charge on any atom is -0.358 e. The van der Waals surface area contributed by atoms with Gasteiger partial charge in [0.2, 0.25) is 0 Å². The molecule has 0 aliphatic heterocycles. The third-order valence-corrected chi connectivity index (χ3v) is 5.06. The summed E-state index contributed by atoms with van der Waals surface area (Å²) < 4.78 is 2.28. The summed E-state index contributed by atoms with van der Waals surface area (Å²) in [5.74, 6) is 0.